The number of hydrogen-bond acceptors (Lipinski definition) is 4. The molecule has 2 aliphatic heterocycles. The number of halogens is 1. The standard InChI is InChI=1S/C18H25ClN2O3/c1-13-3-4-14(19)15(11-13)24-10-9-21-8-5-16(22)18(12-21)6-2-7-20-17(18)23/h3-4,11,16,22H,2,5-10,12H2,1H3,(H,20,23)/t16-,18+/m0/s1. The first-order chi connectivity index (χ1) is 11.5. The molecule has 0 unspecified atom stereocenters. The van der Waals surface area contributed by atoms with E-state index in [1.54, 1.807) is 0 Å². The Morgan fingerprint density at radius 1 is 1.50 bits per heavy atom. The summed E-state index contributed by atoms with van der Waals surface area (Å²) in [6.07, 6.45) is 1.74. The van der Waals surface area contributed by atoms with E-state index >= 15 is 0 Å². The summed E-state index contributed by atoms with van der Waals surface area (Å²) in [6.45, 7) is 5.30. The molecule has 0 radical (unpaired) electrons. The van der Waals surface area contributed by atoms with E-state index in [1.807, 2.05) is 25.1 Å². The van der Waals surface area contributed by atoms with Gasteiger partial charge in [-0.05, 0) is 43.9 Å². The molecule has 1 aromatic rings. The number of piperidine rings is 2. The van der Waals surface area contributed by atoms with Gasteiger partial charge in [-0.1, -0.05) is 17.7 Å². The van der Waals surface area contributed by atoms with E-state index in [0.717, 1.165) is 24.9 Å². The normalized spacial score (nSPS) is 28.0. The summed E-state index contributed by atoms with van der Waals surface area (Å²) >= 11 is 6.15. The van der Waals surface area contributed by atoms with Gasteiger partial charge in [0.1, 0.15) is 12.4 Å². The van der Waals surface area contributed by atoms with Crippen molar-refractivity contribution in [1.29, 1.82) is 0 Å². The van der Waals surface area contributed by atoms with Crippen LogP contribution in [0.2, 0.25) is 5.02 Å². The number of ether oxygens (including phenoxy) is 1. The monoisotopic (exact) mass is 352 g/mol. The summed E-state index contributed by atoms with van der Waals surface area (Å²) in [4.78, 5) is 14.6. The maximum Gasteiger partial charge on any atom is 0.230 e. The molecule has 1 amide bonds. The van der Waals surface area contributed by atoms with Gasteiger partial charge in [-0.3, -0.25) is 9.69 Å². The molecule has 3 rings (SSSR count). The minimum atomic E-state index is -0.655. The van der Waals surface area contributed by atoms with E-state index in [2.05, 4.69) is 10.2 Å². The smallest absolute Gasteiger partial charge is 0.230 e. The Morgan fingerprint density at radius 2 is 2.33 bits per heavy atom. The Labute approximate surface area is 147 Å². The summed E-state index contributed by atoms with van der Waals surface area (Å²) in [5.41, 5.74) is 0.450. The number of amides is 1. The fraction of sp³-hybridized carbons (Fsp3) is 0.611. The molecule has 2 saturated heterocycles. The first-order valence-corrected chi connectivity index (χ1v) is 8.97. The Kier molecular flexibility index (Phi) is 5.33. The fourth-order valence-corrected chi connectivity index (χ4v) is 3.90. The van der Waals surface area contributed by atoms with Gasteiger partial charge in [-0.2, -0.15) is 0 Å². The van der Waals surface area contributed by atoms with Crippen LogP contribution in [0.4, 0.5) is 0 Å². The Bertz CT molecular complexity index is 610. The number of carbonyl (C=O) groups excluding carboxylic acids is 1. The third-order valence-electron chi connectivity index (χ3n) is 5.15. The van der Waals surface area contributed by atoms with Crippen molar-refractivity contribution in [3.63, 3.8) is 0 Å². The van der Waals surface area contributed by atoms with Gasteiger partial charge in [-0.15, -0.1) is 0 Å². The van der Waals surface area contributed by atoms with Crippen molar-refractivity contribution in [3.05, 3.63) is 28.8 Å². The molecule has 6 heteroatoms. The van der Waals surface area contributed by atoms with Gasteiger partial charge >= 0.3 is 0 Å². The van der Waals surface area contributed by atoms with Crippen molar-refractivity contribution < 1.29 is 14.6 Å². The number of carbonyl (C=O) groups is 1. The van der Waals surface area contributed by atoms with Gasteiger partial charge in [0.05, 0.1) is 16.5 Å². The minimum absolute atomic E-state index is 0.00593. The van der Waals surface area contributed by atoms with E-state index in [1.165, 1.54) is 0 Å². The first-order valence-electron chi connectivity index (χ1n) is 8.59. The van der Waals surface area contributed by atoms with Crippen LogP contribution in [-0.2, 0) is 4.79 Å². The molecule has 2 fully saturated rings. The van der Waals surface area contributed by atoms with E-state index in [4.69, 9.17) is 16.3 Å². The lowest BCUT2D eigenvalue weighted by Crippen LogP contribution is -2.61. The van der Waals surface area contributed by atoms with Crippen molar-refractivity contribution in [2.24, 2.45) is 5.41 Å². The zero-order chi connectivity index (χ0) is 17.2. The molecule has 1 spiro atoms. The van der Waals surface area contributed by atoms with Crippen LogP contribution in [0, 0.1) is 12.3 Å². The number of rotatable bonds is 4. The first kappa shape index (κ1) is 17.5. The predicted octanol–water partition coefficient (Wildman–Crippen LogP) is 1.99. The zero-order valence-electron chi connectivity index (χ0n) is 14.1. The highest BCUT2D eigenvalue weighted by Gasteiger charge is 2.49. The maximum atomic E-state index is 12.4. The molecule has 132 valence electrons. The lowest BCUT2D eigenvalue weighted by atomic mass is 9.71. The average Bonchev–Trinajstić information content (AvgIpc) is 2.56. The van der Waals surface area contributed by atoms with Gasteiger partial charge in [-0.25, -0.2) is 0 Å². The molecule has 2 heterocycles. The summed E-state index contributed by atoms with van der Waals surface area (Å²) in [5.74, 6) is 0.687. The topological polar surface area (TPSA) is 61.8 Å². The van der Waals surface area contributed by atoms with E-state index in [9.17, 15) is 9.90 Å². The Balaban J connectivity index is 1.58. The molecular formula is C18H25ClN2O3. The van der Waals surface area contributed by atoms with Gasteiger partial charge in [0, 0.05) is 26.2 Å². The zero-order valence-corrected chi connectivity index (χ0v) is 14.8. The van der Waals surface area contributed by atoms with Crippen molar-refractivity contribution >= 4 is 17.5 Å². The van der Waals surface area contributed by atoms with Crippen molar-refractivity contribution in [1.82, 2.24) is 10.2 Å². The average molecular weight is 353 g/mol. The second-order valence-electron chi connectivity index (χ2n) is 6.88. The molecule has 0 aliphatic carbocycles. The molecule has 2 atom stereocenters. The van der Waals surface area contributed by atoms with Crippen LogP contribution in [0.15, 0.2) is 18.2 Å². The molecule has 24 heavy (non-hydrogen) atoms. The van der Waals surface area contributed by atoms with Crippen molar-refractivity contribution in [3.8, 4) is 5.75 Å². The third kappa shape index (κ3) is 3.53. The van der Waals surface area contributed by atoms with Crippen molar-refractivity contribution in [2.75, 3.05) is 32.8 Å². The number of hydrogen-bond donors (Lipinski definition) is 2. The van der Waals surface area contributed by atoms with Crippen LogP contribution < -0.4 is 10.1 Å². The highest BCUT2D eigenvalue weighted by molar-refractivity contribution is 6.32. The SMILES string of the molecule is Cc1ccc(Cl)c(OCCN2CC[C@H](O)[C@@]3(CCCNC3=O)C2)c1. The lowest BCUT2D eigenvalue weighted by Gasteiger charge is -2.46. The lowest BCUT2D eigenvalue weighted by molar-refractivity contribution is -0.149. The van der Waals surface area contributed by atoms with Crippen LogP contribution in [0.25, 0.3) is 0 Å². The van der Waals surface area contributed by atoms with Crippen LogP contribution >= 0.6 is 11.6 Å². The van der Waals surface area contributed by atoms with Gasteiger partial charge in [0.25, 0.3) is 0 Å². The summed E-state index contributed by atoms with van der Waals surface area (Å²) in [5, 5.41) is 13.9. The Morgan fingerprint density at radius 3 is 3.12 bits per heavy atom. The van der Waals surface area contributed by atoms with Crippen LogP contribution in [-0.4, -0.2) is 54.8 Å². The second kappa shape index (κ2) is 7.30. The molecule has 0 aromatic heterocycles. The number of aliphatic hydroxyl groups is 1. The van der Waals surface area contributed by atoms with Gasteiger partial charge in [0.2, 0.25) is 5.91 Å². The maximum absolute atomic E-state index is 12.4. The molecule has 2 N–H and O–H groups in total. The van der Waals surface area contributed by atoms with Crippen LogP contribution in [0.5, 0.6) is 5.75 Å². The van der Waals surface area contributed by atoms with E-state index < -0.39 is 11.5 Å². The van der Waals surface area contributed by atoms with Crippen LogP contribution in [0.3, 0.4) is 0 Å². The van der Waals surface area contributed by atoms with Gasteiger partial charge < -0.3 is 15.2 Å². The predicted molar refractivity (Wildman–Crippen MR) is 93.4 cm³/mol. The molecular weight excluding hydrogens is 328 g/mol. The van der Waals surface area contributed by atoms with E-state index in [0.29, 0.717) is 43.4 Å². The molecule has 1 aromatic carbocycles. The van der Waals surface area contributed by atoms with Crippen LogP contribution in [0.1, 0.15) is 24.8 Å². The largest absolute Gasteiger partial charge is 0.491 e. The second-order valence-corrected chi connectivity index (χ2v) is 7.29. The number of aliphatic hydroxyl groups excluding tert-OH is 1. The molecule has 0 bridgehead atoms. The summed E-state index contributed by atoms with van der Waals surface area (Å²) < 4.78 is 5.81. The number of nitrogens with zero attached hydrogens (tertiary/aromatic N) is 1. The number of likely N-dealkylation sites (tertiary alicyclic amines) is 1. The summed E-state index contributed by atoms with van der Waals surface area (Å²) in [6, 6.07) is 5.72. The van der Waals surface area contributed by atoms with Crippen molar-refractivity contribution in [2.45, 2.75) is 32.3 Å². The summed E-state index contributed by atoms with van der Waals surface area (Å²) in [7, 11) is 0. The molecule has 2 aliphatic rings. The van der Waals surface area contributed by atoms with Gasteiger partial charge in [0.15, 0.2) is 0 Å². The number of benzene rings is 1. The number of nitrogens with one attached hydrogen (secondary N) is 1. The van der Waals surface area contributed by atoms with E-state index in [-0.39, 0.29) is 5.91 Å². The molecule has 5 nitrogen and oxygen atoms in total. The quantitative estimate of drug-likeness (QED) is 0.870. The molecule has 0 saturated carbocycles. The Hall–Kier alpha value is -1.30. The highest BCUT2D eigenvalue weighted by atomic mass is 35.5. The minimum Gasteiger partial charge on any atom is -0.491 e. The fourth-order valence-electron chi connectivity index (χ4n) is 3.73. The number of aryl methyl sites for hydroxylation is 1. The highest BCUT2D eigenvalue weighted by Crippen LogP contribution is 2.37. The third-order valence-corrected chi connectivity index (χ3v) is 5.46.